The van der Waals surface area contributed by atoms with Crippen LogP contribution in [0, 0.1) is 11.3 Å². The first kappa shape index (κ1) is 22.6. The van der Waals surface area contributed by atoms with Crippen LogP contribution in [-0.2, 0) is 24.5 Å². The summed E-state index contributed by atoms with van der Waals surface area (Å²) in [4.78, 5) is 25.2. The highest BCUT2D eigenvalue weighted by molar-refractivity contribution is 6.01. The van der Waals surface area contributed by atoms with Crippen LogP contribution in [0.25, 0.3) is 0 Å². The van der Waals surface area contributed by atoms with E-state index in [1.54, 1.807) is 33.5 Å². The van der Waals surface area contributed by atoms with E-state index in [0.717, 1.165) is 11.1 Å². The molecule has 0 radical (unpaired) electrons. The smallest absolute Gasteiger partial charge is 0.323 e. The van der Waals surface area contributed by atoms with Crippen LogP contribution < -0.4 is 14.2 Å². The highest BCUT2D eigenvalue weighted by Gasteiger charge is 2.58. The lowest BCUT2D eigenvalue weighted by atomic mass is 9.69. The molecule has 7 nitrogen and oxygen atoms in total. The molecule has 2 rings (SSSR count). The van der Waals surface area contributed by atoms with Crippen LogP contribution in [0.4, 0.5) is 0 Å². The average Bonchev–Trinajstić information content (AvgIpc) is 3.10. The van der Waals surface area contributed by atoms with E-state index in [9.17, 15) is 9.59 Å². The van der Waals surface area contributed by atoms with Gasteiger partial charge in [-0.2, -0.15) is 0 Å². The van der Waals surface area contributed by atoms with Gasteiger partial charge < -0.3 is 23.7 Å². The lowest BCUT2D eigenvalue weighted by molar-refractivity contribution is -0.168. The molecule has 1 aliphatic carbocycles. The van der Waals surface area contributed by atoms with E-state index in [1.165, 1.54) is 14.2 Å². The first-order chi connectivity index (χ1) is 13.6. The van der Waals surface area contributed by atoms with Gasteiger partial charge in [0.1, 0.15) is 17.2 Å². The number of rotatable bonds is 7. The summed E-state index contributed by atoms with van der Waals surface area (Å²) in [5, 5.41) is 0. The zero-order chi connectivity index (χ0) is 22.0. The van der Waals surface area contributed by atoms with Crippen LogP contribution in [0.3, 0.4) is 0 Å². The second-order valence-electron chi connectivity index (χ2n) is 7.79. The minimum Gasteiger partial charge on any atom is -0.496 e. The molecule has 0 spiro atoms. The standard InChI is InChI=1S/C22H30O7/c1-13-11-22(19(23)28-7,20(24)29-8)12-15(13)21(2,3)18-16(26-5)9-14(25-4)10-17(18)27-6/h9-10,15H,1,11-12H2,2-8H3. The maximum atomic E-state index is 12.6. The molecule has 0 heterocycles. The third-order valence-electron chi connectivity index (χ3n) is 5.96. The fourth-order valence-corrected chi connectivity index (χ4v) is 4.44. The summed E-state index contributed by atoms with van der Waals surface area (Å²) in [6.45, 7) is 8.21. The summed E-state index contributed by atoms with van der Waals surface area (Å²) in [6, 6.07) is 3.57. The molecule has 0 amide bonds. The second-order valence-corrected chi connectivity index (χ2v) is 7.79. The largest absolute Gasteiger partial charge is 0.496 e. The number of ether oxygens (including phenoxy) is 5. The third-order valence-corrected chi connectivity index (χ3v) is 5.96. The van der Waals surface area contributed by atoms with Crippen molar-refractivity contribution in [1.82, 2.24) is 0 Å². The van der Waals surface area contributed by atoms with Gasteiger partial charge in [-0.05, 0) is 18.8 Å². The lowest BCUT2D eigenvalue weighted by Gasteiger charge is -2.36. The summed E-state index contributed by atoms with van der Waals surface area (Å²) in [5.41, 5.74) is -0.412. The maximum absolute atomic E-state index is 12.6. The number of esters is 2. The van der Waals surface area contributed by atoms with Crippen molar-refractivity contribution in [2.75, 3.05) is 35.5 Å². The molecule has 0 saturated heterocycles. The Kier molecular flexibility index (Phi) is 6.50. The highest BCUT2D eigenvalue weighted by atomic mass is 16.5. The van der Waals surface area contributed by atoms with Gasteiger partial charge in [0, 0.05) is 23.1 Å². The Morgan fingerprint density at radius 1 is 0.966 bits per heavy atom. The Morgan fingerprint density at radius 2 is 1.45 bits per heavy atom. The summed E-state index contributed by atoms with van der Waals surface area (Å²) in [7, 11) is 7.25. The molecule has 0 bridgehead atoms. The zero-order valence-electron chi connectivity index (χ0n) is 18.2. The molecule has 0 aromatic heterocycles. The molecular weight excluding hydrogens is 376 g/mol. The fraction of sp³-hybridized carbons (Fsp3) is 0.545. The molecule has 0 N–H and O–H groups in total. The summed E-state index contributed by atoms with van der Waals surface area (Å²) < 4.78 is 26.5. The van der Waals surface area contributed by atoms with Crippen molar-refractivity contribution in [3.05, 3.63) is 29.8 Å². The minimum atomic E-state index is -1.41. The number of carbonyl (C=O) groups excluding carboxylic acids is 2. The van der Waals surface area contributed by atoms with Gasteiger partial charge in [0.15, 0.2) is 5.41 Å². The van der Waals surface area contributed by atoms with Gasteiger partial charge >= 0.3 is 11.9 Å². The molecule has 1 saturated carbocycles. The van der Waals surface area contributed by atoms with Gasteiger partial charge in [0.2, 0.25) is 0 Å². The third kappa shape index (κ3) is 3.66. The summed E-state index contributed by atoms with van der Waals surface area (Å²) >= 11 is 0. The maximum Gasteiger partial charge on any atom is 0.323 e. The molecule has 29 heavy (non-hydrogen) atoms. The molecular formula is C22H30O7. The van der Waals surface area contributed by atoms with Gasteiger partial charge in [0.05, 0.1) is 35.5 Å². The molecule has 7 heteroatoms. The van der Waals surface area contributed by atoms with Gasteiger partial charge in [-0.1, -0.05) is 26.0 Å². The molecule has 160 valence electrons. The molecule has 0 aliphatic heterocycles. The number of carbonyl (C=O) groups is 2. The van der Waals surface area contributed by atoms with E-state index in [4.69, 9.17) is 23.7 Å². The van der Waals surface area contributed by atoms with Crippen molar-refractivity contribution < 1.29 is 33.3 Å². The van der Waals surface area contributed by atoms with Crippen LogP contribution in [0.5, 0.6) is 17.2 Å². The predicted molar refractivity (Wildman–Crippen MR) is 107 cm³/mol. The van der Waals surface area contributed by atoms with Crippen LogP contribution >= 0.6 is 0 Å². The monoisotopic (exact) mass is 406 g/mol. The Hall–Kier alpha value is -2.70. The number of hydrogen-bond donors (Lipinski definition) is 0. The number of allylic oxidation sites excluding steroid dienone is 1. The minimum absolute atomic E-state index is 0.168. The zero-order valence-corrected chi connectivity index (χ0v) is 18.2. The van der Waals surface area contributed by atoms with Crippen molar-refractivity contribution >= 4 is 11.9 Å². The summed E-state index contributed by atoms with van der Waals surface area (Å²) in [6.07, 6.45) is 0.387. The number of methoxy groups -OCH3 is 5. The van der Waals surface area contributed by atoms with Crippen LogP contribution in [0.15, 0.2) is 24.3 Å². The molecule has 1 aromatic rings. The van der Waals surface area contributed by atoms with E-state index < -0.39 is 22.8 Å². The summed E-state index contributed by atoms with van der Waals surface area (Å²) in [5.74, 6) is 0.328. The second kappa shape index (κ2) is 8.35. The fourth-order valence-electron chi connectivity index (χ4n) is 4.44. The van der Waals surface area contributed by atoms with E-state index in [0.29, 0.717) is 17.2 Å². The first-order valence-electron chi connectivity index (χ1n) is 9.27. The van der Waals surface area contributed by atoms with Crippen molar-refractivity contribution in [2.24, 2.45) is 11.3 Å². The quantitative estimate of drug-likeness (QED) is 0.390. The Labute approximate surface area is 171 Å². The van der Waals surface area contributed by atoms with E-state index in [2.05, 4.69) is 6.58 Å². The Morgan fingerprint density at radius 3 is 1.83 bits per heavy atom. The van der Waals surface area contributed by atoms with Crippen molar-refractivity contribution in [1.29, 1.82) is 0 Å². The van der Waals surface area contributed by atoms with Crippen molar-refractivity contribution in [3.63, 3.8) is 0 Å². The number of hydrogen-bond acceptors (Lipinski definition) is 7. The Balaban J connectivity index is 2.61. The lowest BCUT2D eigenvalue weighted by Crippen LogP contribution is -2.40. The van der Waals surface area contributed by atoms with E-state index in [-0.39, 0.29) is 18.8 Å². The van der Waals surface area contributed by atoms with E-state index in [1.807, 2.05) is 13.8 Å². The average molecular weight is 406 g/mol. The van der Waals surface area contributed by atoms with Gasteiger partial charge in [-0.25, -0.2) is 0 Å². The first-order valence-corrected chi connectivity index (χ1v) is 9.27. The van der Waals surface area contributed by atoms with Gasteiger partial charge in [-0.15, -0.1) is 0 Å². The molecule has 1 fully saturated rings. The molecule has 1 aliphatic rings. The van der Waals surface area contributed by atoms with Gasteiger partial charge in [-0.3, -0.25) is 9.59 Å². The molecule has 1 aromatic carbocycles. The van der Waals surface area contributed by atoms with E-state index >= 15 is 0 Å². The van der Waals surface area contributed by atoms with Crippen LogP contribution in [0.1, 0.15) is 32.3 Å². The highest BCUT2D eigenvalue weighted by Crippen LogP contribution is 2.56. The molecule has 1 unspecified atom stereocenters. The van der Waals surface area contributed by atoms with Crippen molar-refractivity contribution in [2.45, 2.75) is 32.1 Å². The topological polar surface area (TPSA) is 80.3 Å². The Bertz CT molecular complexity index is 768. The van der Waals surface area contributed by atoms with Gasteiger partial charge in [0.25, 0.3) is 0 Å². The normalized spacial score (nSPS) is 18.2. The molecule has 1 atom stereocenters. The SMILES string of the molecule is C=C1CC(C(=O)OC)(C(=O)OC)CC1C(C)(C)c1c(OC)cc(OC)cc1OC. The number of benzene rings is 1. The van der Waals surface area contributed by atoms with Crippen LogP contribution in [0.2, 0.25) is 0 Å². The predicted octanol–water partition coefficient (Wildman–Crippen LogP) is 3.29. The van der Waals surface area contributed by atoms with Crippen molar-refractivity contribution in [3.8, 4) is 17.2 Å². The van der Waals surface area contributed by atoms with Crippen LogP contribution in [-0.4, -0.2) is 47.5 Å².